The summed E-state index contributed by atoms with van der Waals surface area (Å²) in [7, 11) is 1.76. The van der Waals surface area contributed by atoms with Gasteiger partial charge in [0.1, 0.15) is 0 Å². The molecule has 21 heavy (non-hydrogen) atoms. The first-order valence-corrected chi connectivity index (χ1v) is 8.04. The maximum absolute atomic E-state index is 6.58. The lowest BCUT2D eigenvalue weighted by molar-refractivity contribution is 0.0736. The molecule has 1 aliphatic rings. The van der Waals surface area contributed by atoms with Gasteiger partial charge in [0.2, 0.25) is 0 Å². The lowest BCUT2D eigenvalue weighted by atomic mass is 9.90. The number of nitrogens with two attached hydrogens (primary N) is 1. The molecule has 0 aromatic heterocycles. The van der Waals surface area contributed by atoms with E-state index >= 15 is 0 Å². The van der Waals surface area contributed by atoms with Gasteiger partial charge in [0.15, 0.2) is 0 Å². The Morgan fingerprint density at radius 1 is 1.24 bits per heavy atom. The molecule has 3 heteroatoms. The molecule has 118 valence electrons. The van der Waals surface area contributed by atoms with Gasteiger partial charge in [-0.05, 0) is 51.3 Å². The number of nitrogens with zero attached hydrogens (tertiary/aromatic N) is 1. The fourth-order valence-electron chi connectivity index (χ4n) is 3.45. The zero-order valence-corrected chi connectivity index (χ0v) is 13.9. The van der Waals surface area contributed by atoms with Crippen LogP contribution < -0.4 is 5.73 Å². The van der Waals surface area contributed by atoms with Crippen molar-refractivity contribution < 1.29 is 4.74 Å². The van der Waals surface area contributed by atoms with E-state index in [9.17, 15) is 0 Å². The highest BCUT2D eigenvalue weighted by molar-refractivity contribution is 5.31. The molecule has 0 saturated carbocycles. The Morgan fingerprint density at radius 2 is 1.95 bits per heavy atom. The van der Waals surface area contributed by atoms with Crippen LogP contribution in [-0.2, 0) is 11.3 Å². The molecule has 1 heterocycles. The summed E-state index contributed by atoms with van der Waals surface area (Å²) in [5, 5.41) is 0. The molecule has 2 unspecified atom stereocenters. The van der Waals surface area contributed by atoms with Crippen LogP contribution in [0.5, 0.6) is 0 Å². The van der Waals surface area contributed by atoms with Crippen LogP contribution in [0.2, 0.25) is 0 Å². The Kier molecular flexibility index (Phi) is 5.42. The van der Waals surface area contributed by atoms with Crippen molar-refractivity contribution in [3.05, 3.63) is 35.4 Å². The van der Waals surface area contributed by atoms with E-state index in [2.05, 4.69) is 49.9 Å². The minimum atomic E-state index is 0.118. The van der Waals surface area contributed by atoms with Crippen molar-refractivity contribution in [2.75, 3.05) is 13.7 Å². The summed E-state index contributed by atoms with van der Waals surface area (Å²) < 4.78 is 5.39. The summed E-state index contributed by atoms with van der Waals surface area (Å²) in [6.45, 7) is 8.63. The fourth-order valence-corrected chi connectivity index (χ4v) is 3.45. The van der Waals surface area contributed by atoms with Gasteiger partial charge in [-0.3, -0.25) is 4.90 Å². The van der Waals surface area contributed by atoms with Gasteiger partial charge < -0.3 is 10.5 Å². The molecule has 0 bridgehead atoms. The molecule has 0 amide bonds. The number of rotatable bonds is 3. The number of methoxy groups -OCH3 is 1. The van der Waals surface area contributed by atoms with Crippen molar-refractivity contribution in [3.8, 4) is 0 Å². The highest BCUT2D eigenvalue weighted by Gasteiger charge is 2.35. The lowest BCUT2D eigenvalue weighted by Gasteiger charge is -2.43. The summed E-state index contributed by atoms with van der Waals surface area (Å²) >= 11 is 0. The van der Waals surface area contributed by atoms with Crippen LogP contribution in [0.4, 0.5) is 0 Å². The van der Waals surface area contributed by atoms with Gasteiger partial charge in [0, 0.05) is 18.7 Å². The molecule has 1 aromatic rings. The Bertz CT molecular complexity index is 453. The molecular formula is C18H30N2O. The van der Waals surface area contributed by atoms with E-state index in [0.717, 1.165) is 13.0 Å². The summed E-state index contributed by atoms with van der Waals surface area (Å²) in [6, 6.07) is 9.05. The summed E-state index contributed by atoms with van der Waals surface area (Å²) in [6.07, 6.45) is 3.54. The van der Waals surface area contributed by atoms with Gasteiger partial charge >= 0.3 is 0 Å². The van der Waals surface area contributed by atoms with Crippen molar-refractivity contribution in [2.24, 2.45) is 5.73 Å². The highest BCUT2D eigenvalue weighted by Crippen LogP contribution is 2.36. The largest absolute Gasteiger partial charge is 0.380 e. The minimum absolute atomic E-state index is 0.118. The van der Waals surface area contributed by atoms with Crippen molar-refractivity contribution in [3.63, 3.8) is 0 Å². The van der Waals surface area contributed by atoms with Gasteiger partial charge in [-0.15, -0.1) is 0 Å². The van der Waals surface area contributed by atoms with E-state index < -0.39 is 0 Å². The van der Waals surface area contributed by atoms with Crippen LogP contribution in [0.1, 0.15) is 57.2 Å². The van der Waals surface area contributed by atoms with Crippen LogP contribution in [-0.4, -0.2) is 30.1 Å². The van der Waals surface area contributed by atoms with Gasteiger partial charge in [0.25, 0.3) is 0 Å². The number of likely N-dealkylation sites (tertiary alicyclic amines) is 1. The van der Waals surface area contributed by atoms with Crippen molar-refractivity contribution in [1.29, 1.82) is 0 Å². The third-order valence-corrected chi connectivity index (χ3v) is 4.46. The number of benzene rings is 1. The SMILES string of the molecule is COCc1ccccc1C1C(N)CCCCN1C(C)(C)C. The standard InChI is InChI=1S/C18H30N2O/c1-18(2,3)20-12-8-7-11-16(19)17(20)15-10-6-5-9-14(15)13-21-4/h5-6,9-10,16-17H,7-8,11-13,19H2,1-4H3. The zero-order chi connectivity index (χ0) is 15.5. The molecule has 3 nitrogen and oxygen atoms in total. The maximum Gasteiger partial charge on any atom is 0.0716 e. The first-order valence-electron chi connectivity index (χ1n) is 8.04. The quantitative estimate of drug-likeness (QED) is 0.926. The molecule has 2 rings (SSSR count). The number of hydrogen-bond acceptors (Lipinski definition) is 3. The Morgan fingerprint density at radius 3 is 2.62 bits per heavy atom. The van der Waals surface area contributed by atoms with E-state index in [1.807, 2.05) is 0 Å². The average molecular weight is 290 g/mol. The van der Waals surface area contributed by atoms with Crippen LogP contribution in [0.3, 0.4) is 0 Å². The first kappa shape index (κ1) is 16.5. The van der Waals surface area contributed by atoms with E-state index in [-0.39, 0.29) is 17.6 Å². The van der Waals surface area contributed by atoms with Gasteiger partial charge in [-0.1, -0.05) is 30.7 Å². The third kappa shape index (κ3) is 3.85. The topological polar surface area (TPSA) is 38.5 Å². The first-order chi connectivity index (χ1) is 9.95. The Balaban J connectivity index is 2.44. The summed E-state index contributed by atoms with van der Waals surface area (Å²) in [5.41, 5.74) is 9.30. The molecule has 0 radical (unpaired) electrons. The van der Waals surface area contributed by atoms with Crippen molar-refractivity contribution >= 4 is 0 Å². The molecular weight excluding hydrogens is 260 g/mol. The third-order valence-electron chi connectivity index (χ3n) is 4.46. The Hall–Kier alpha value is -0.900. The van der Waals surface area contributed by atoms with Crippen LogP contribution in [0.25, 0.3) is 0 Å². The minimum Gasteiger partial charge on any atom is -0.380 e. The Labute approximate surface area is 129 Å². The van der Waals surface area contributed by atoms with Crippen LogP contribution in [0.15, 0.2) is 24.3 Å². The van der Waals surface area contributed by atoms with Crippen molar-refractivity contribution in [1.82, 2.24) is 4.90 Å². The van der Waals surface area contributed by atoms with E-state index in [1.165, 1.54) is 24.0 Å². The van der Waals surface area contributed by atoms with Crippen LogP contribution in [0, 0.1) is 0 Å². The van der Waals surface area contributed by atoms with E-state index in [4.69, 9.17) is 10.5 Å². The molecule has 1 aliphatic heterocycles. The monoisotopic (exact) mass is 290 g/mol. The normalized spacial score (nSPS) is 24.8. The predicted molar refractivity (Wildman–Crippen MR) is 88.2 cm³/mol. The molecule has 1 fully saturated rings. The second-order valence-corrected chi connectivity index (χ2v) is 7.10. The van der Waals surface area contributed by atoms with Gasteiger partial charge in [0.05, 0.1) is 12.6 Å². The highest BCUT2D eigenvalue weighted by atomic mass is 16.5. The van der Waals surface area contributed by atoms with Gasteiger partial charge in [-0.2, -0.15) is 0 Å². The van der Waals surface area contributed by atoms with E-state index in [0.29, 0.717) is 6.61 Å². The number of ether oxygens (including phenoxy) is 1. The molecule has 0 aliphatic carbocycles. The van der Waals surface area contributed by atoms with Crippen LogP contribution >= 0.6 is 0 Å². The summed E-state index contributed by atoms with van der Waals surface area (Å²) in [4.78, 5) is 2.58. The summed E-state index contributed by atoms with van der Waals surface area (Å²) in [5.74, 6) is 0. The lowest BCUT2D eigenvalue weighted by Crippen LogP contribution is -2.49. The molecule has 2 atom stereocenters. The smallest absolute Gasteiger partial charge is 0.0716 e. The molecule has 0 spiro atoms. The zero-order valence-electron chi connectivity index (χ0n) is 13.9. The molecule has 1 saturated heterocycles. The van der Waals surface area contributed by atoms with E-state index in [1.54, 1.807) is 7.11 Å². The fraction of sp³-hybridized carbons (Fsp3) is 0.667. The second-order valence-electron chi connectivity index (χ2n) is 7.10. The molecule has 2 N–H and O–H groups in total. The molecule has 1 aromatic carbocycles. The van der Waals surface area contributed by atoms with Crippen molar-refractivity contribution in [2.45, 2.75) is 64.3 Å². The maximum atomic E-state index is 6.58. The number of hydrogen-bond donors (Lipinski definition) is 1. The average Bonchev–Trinajstić information content (AvgIpc) is 2.61. The van der Waals surface area contributed by atoms with Gasteiger partial charge in [-0.25, -0.2) is 0 Å². The predicted octanol–water partition coefficient (Wildman–Crippen LogP) is 3.49. The second kappa shape index (κ2) is 6.91.